The molecule has 0 N–H and O–H groups in total. The Bertz CT molecular complexity index is 13.5. The van der Waals surface area contributed by atoms with Gasteiger partial charge in [-0.2, -0.15) is 9.90 Å². The van der Waals surface area contributed by atoms with Gasteiger partial charge in [0.1, 0.15) is 0 Å². The van der Waals surface area contributed by atoms with Gasteiger partial charge in [-0.05, 0) is 0 Å². The van der Waals surface area contributed by atoms with Gasteiger partial charge in [-0.15, -0.1) is 0 Å². The molecular weight excluding hydrogens is 138 g/mol. The molecule has 0 aliphatic heterocycles. The first-order valence-corrected chi connectivity index (χ1v) is 0. The summed E-state index contributed by atoms with van der Waals surface area (Å²) in [5.74, 6) is 0. The first-order valence-electron chi connectivity index (χ1n) is 0. The Kier molecular flexibility index (Phi) is 160. The van der Waals surface area contributed by atoms with E-state index in [4.69, 9.17) is 0 Å². The Morgan fingerprint density at radius 1 is 1.25 bits per heavy atom. The molecule has 0 aromatic rings. The molecule has 26 valence electrons. The van der Waals surface area contributed by atoms with Crippen molar-refractivity contribution in [3.05, 3.63) is 0 Å². The Morgan fingerprint density at radius 2 is 1.25 bits per heavy atom. The molecule has 4 heteroatoms. The largest absolute Gasteiger partial charge is 2.00 e. The summed E-state index contributed by atoms with van der Waals surface area (Å²) in [4.78, 5) is 0. The van der Waals surface area contributed by atoms with Crippen molar-refractivity contribution in [1.82, 2.24) is 0 Å². The van der Waals surface area contributed by atoms with Crippen molar-refractivity contribution in [2.45, 2.75) is 0 Å². The molecule has 1 unspecified atom stereocenters. The predicted molar refractivity (Wildman–Crippen MR) is 29.0 cm³/mol. The molecule has 0 saturated heterocycles. The Hall–Kier alpha value is 2.25. The van der Waals surface area contributed by atoms with E-state index < -0.39 is 0 Å². The quantitative estimate of drug-likeness (QED) is 0.295. The second-order valence-corrected chi connectivity index (χ2v) is 0. The van der Waals surface area contributed by atoms with Gasteiger partial charge in [-0.25, -0.2) is 0 Å². The second kappa shape index (κ2) is 18.7. The molecule has 0 spiro atoms. The van der Waals surface area contributed by atoms with E-state index in [2.05, 4.69) is 0 Å². The Balaban J connectivity index is 0. The smallest absolute Gasteiger partial charge is 1.00 e. The summed E-state index contributed by atoms with van der Waals surface area (Å²) in [5.41, 5.74) is 0. The Morgan fingerprint density at radius 3 is 1.25 bits per heavy atom. The average Bonchev–Trinajstić information content (AvgIpc) is 0. The van der Waals surface area contributed by atoms with Crippen molar-refractivity contribution in [2.75, 3.05) is 0 Å². The van der Waals surface area contributed by atoms with E-state index in [1.54, 1.807) is 0 Å². The molecule has 0 radical (unpaired) electrons. The average molecular weight is 146 g/mol. The van der Waals surface area contributed by atoms with Gasteiger partial charge in [0.25, 0.3) is 0 Å². The van der Waals surface area contributed by atoms with Crippen LogP contribution in [0.3, 0.4) is 0 Å². The molecule has 4 heavy (non-hydrogen) atoms. The molecule has 0 aromatic carbocycles. The zero-order chi connectivity index (χ0) is 0. The standard InChI is InChI=1S/Al.Fe.Mg.H3P.5H/h;;;1H3;;;;;/q;;+2;;;;;2*-1. The first kappa shape index (κ1) is 34.0. The monoisotopic (exact) mass is 146 g/mol. The predicted octanol–water partition coefficient (Wildman–Crippen LogP) is -1.28. The van der Waals surface area contributed by atoms with Crippen LogP contribution >= 0.6 is 9.90 Å². The summed E-state index contributed by atoms with van der Waals surface area (Å²) < 4.78 is 0. The van der Waals surface area contributed by atoms with Gasteiger partial charge >= 0.3 is 23.1 Å². The maximum Gasteiger partial charge on any atom is 2.00 e. The van der Waals surface area contributed by atoms with E-state index in [9.17, 15) is 0 Å². The van der Waals surface area contributed by atoms with Crippen LogP contribution in [0.4, 0.5) is 0 Å². The molecule has 0 saturated carbocycles. The minimum absolute atomic E-state index is 0. The van der Waals surface area contributed by atoms with E-state index in [-0.39, 0.29) is 70.2 Å². The fourth-order valence-corrected chi connectivity index (χ4v) is 0. The summed E-state index contributed by atoms with van der Waals surface area (Å²) in [6.45, 7) is 0. The van der Waals surface area contributed by atoms with Gasteiger partial charge < -0.3 is 2.85 Å². The molecular formula is H8AlFeMgP. The fraction of sp³-hybridized carbons (Fsp3) is 0. The van der Waals surface area contributed by atoms with Crippen molar-refractivity contribution in [3.8, 4) is 0 Å². The third kappa shape index (κ3) is 8.87. The van der Waals surface area contributed by atoms with E-state index in [1.165, 1.54) is 0 Å². The van der Waals surface area contributed by atoms with Gasteiger partial charge in [-0.1, -0.05) is 0 Å². The van der Waals surface area contributed by atoms with Gasteiger partial charge in [0, 0.05) is 17.1 Å². The zero-order valence-electron chi connectivity index (χ0n) is 3.77. The summed E-state index contributed by atoms with van der Waals surface area (Å²) >= 11 is 0. The van der Waals surface area contributed by atoms with Crippen LogP contribution in [-0.4, -0.2) is 40.4 Å². The minimum atomic E-state index is 0. The van der Waals surface area contributed by atoms with Gasteiger partial charge in [0.2, 0.25) is 0 Å². The SMILES string of the molecule is P.[AlH3].[Fe].[H-].[H-].[Mg+2]. The van der Waals surface area contributed by atoms with E-state index in [0.717, 1.165) is 0 Å². The first-order chi connectivity index (χ1) is 0. The van der Waals surface area contributed by atoms with Crippen LogP contribution < -0.4 is 0 Å². The zero-order valence-corrected chi connectivity index (χ0v) is 5.70. The van der Waals surface area contributed by atoms with Crippen molar-refractivity contribution < 1.29 is 19.9 Å². The van der Waals surface area contributed by atoms with Gasteiger partial charge in [0.05, 0.1) is 0 Å². The number of rotatable bonds is 0. The van der Waals surface area contributed by atoms with Crippen LogP contribution in [0.1, 0.15) is 2.85 Å². The summed E-state index contributed by atoms with van der Waals surface area (Å²) in [6.07, 6.45) is 0. The molecule has 0 amide bonds. The Labute approximate surface area is 69.8 Å². The summed E-state index contributed by atoms with van der Waals surface area (Å²) in [6, 6.07) is 0. The molecule has 0 aliphatic carbocycles. The molecule has 0 aromatic heterocycles. The second-order valence-electron chi connectivity index (χ2n) is 0. The molecule has 0 nitrogen and oxygen atoms in total. The van der Waals surface area contributed by atoms with Gasteiger partial charge in [0.15, 0.2) is 17.4 Å². The maximum absolute atomic E-state index is 0. The van der Waals surface area contributed by atoms with E-state index in [0.29, 0.717) is 0 Å². The number of hydrogen-bond donors (Lipinski definition) is 0. The summed E-state index contributed by atoms with van der Waals surface area (Å²) in [7, 11) is 0. The molecule has 0 fully saturated rings. The molecule has 0 bridgehead atoms. The van der Waals surface area contributed by atoms with Crippen LogP contribution in [0.25, 0.3) is 0 Å². The maximum atomic E-state index is 0. The van der Waals surface area contributed by atoms with Crippen molar-refractivity contribution >= 4 is 50.3 Å². The van der Waals surface area contributed by atoms with Crippen LogP contribution in [0.2, 0.25) is 0 Å². The van der Waals surface area contributed by atoms with Crippen LogP contribution in [-0.2, 0) is 17.1 Å². The van der Waals surface area contributed by atoms with E-state index >= 15 is 0 Å². The third-order valence-electron chi connectivity index (χ3n) is 0. The van der Waals surface area contributed by atoms with Crippen LogP contribution in [0.5, 0.6) is 0 Å². The topological polar surface area (TPSA) is 0 Å². The molecule has 1 atom stereocenters. The van der Waals surface area contributed by atoms with Gasteiger partial charge in [-0.3, -0.25) is 0 Å². The third-order valence-corrected chi connectivity index (χ3v) is 0. The van der Waals surface area contributed by atoms with Crippen LogP contribution in [0, 0.1) is 0 Å². The van der Waals surface area contributed by atoms with Crippen molar-refractivity contribution in [1.29, 1.82) is 0 Å². The number of hydrogen-bond acceptors (Lipinski definition) is 0. The minimum Gasteiger partial charge on any atom is -1.00 e. The molecule has 0 heterocycles. The van der Waals surface area contributed by atoms with Crippen molar-refractivity contribution in [2.24, 2.45) is 0 Å². The van der Waals surface area contributed by atoms with E-state index in [1.807, 2.05) is 0 Å². The van der Waals surface area contributed by atoms with Crippen LogP contribution in [0.15, 0.2) is 0 Å². The summed E-state index contributed by atoms with van der Waals surface area (Å²) in [5, 5.41) is 0. The fourth-order valence-electron chi connectivity index (χ4n) is 0. The molecule has 0 rings (SSSR count). The van der Waals surface area contributed by atoms with Crippen molar-refractivity contribution in [3.63, 3.8) is 0 Å². The normalized spacial score (nSPS) is 0. The molecule has 0 aliphatic rings.